The highest BCUT2D eigenvalue weighted by atomic mass is 32.2. The Hall–Kier alpha value is -0.850. The second-order valence-corrected chi connectivity index (χ2v) is 8.99. The van der Waals surface area contributed by atoms with Gasteiger partial charge in [0, 0.05) is 11.8 Å². The number of carbonyl (C=O) groups is 1. The molecule has 8 nitrogen and oxygen atoms in total. The third kappa shape index (κ3) is 1.93. The number of esters is 1. The minimum atomic E-state index is -6.00. The Labute approximate surface area is 124 Å². The van der Waals surface area contributed by atoms with Gasteiger partial charge in [-0.1, -0.05) is 6.92 Å². The number of hydrogen-bond acceptors (Lipinski definition) is 7. The first-order valence-corrected chi connectivity index (χ1v) is 9.27. The molecule has 3 aliphatic rings. The molecule has 12 heteroatoms. The van der Waals surface area contributed by atoms with Gasteiger partial charge in [-0.15, -0.1) is 0 Å². The van der Waals surface area contributed by atoms with E-state index in [9.17, 15) is 30.4 Å². The number of rotatable bonds is 3. The van der Waals surface area contributed by atoms with Crippen LogP contribution in [0.3, 0.4) is 0 Å². The lowest BCUT2D eigenvalue weighted by Crippen LogP contribution is -2.47. The lowest BCUT2D eigenvalue weighted by atomic mass is 9.85. The van der Waals surface area contributed by atoms with E-state index in [0.29, 0.717) is 6.42 Å². The van der Waals surface area contributed by atoms with Crippen LogP contribution in [0, 0.1) is 17.8 Å². The number of halogens is 2. The van der Waals surface area contributed by atoms with Gasteiger partial charge in [-0.25, -0.2) is 4.79 Å². The largest absolute Gasteiger partial charge is 0.465 e. The van der Waals surface area contributed by atoms with Crippen LogP contribution in [0.4, 0.5) is 8.78 Å². The average Bonchev–Trinajstić information content (AvgIpc) is 2.91. The molecule has 0 aromatic rings. The molecule has 0 aromatic carbocycles. The van der Waals surface area contributed by atoms with E-state index in [4.69, 9.17) is 8.74 Å². The SMILES string of the molecule is CC1C2CC3C1OS(=O)(=O)C3C2OC(=O)C(F)(F)S(=O)(=O)O. The Kier molecular flexibility index (Phi) is 3.18. The molecule has 1 heterocycles. The minimum Gasteiger partial charge on any atom is -0.455 e. The van der Waals surface area contributed by atoms with Crippen molar-refractivity contribution in [3.8, 4) is 0 Å². The van der Waals surface area contributed by atoms with Gasteiger partial charge in [-0.05, 0) is 12.3 Å². The molecule has 0 aromatic heterocycles. The van der Waals surface area contributed by atoms with Gasteiger partial charge in [0.1, 0.15) is 11.4 Å². The van der Waals surface area contributed by atoms with Gasteiger partial charge in [0.25, 0.3) is 10.1 Å². The topological polar surface area (TPSA) is 124 Å². The fourth-order valence-electron chi connectivity index (χ4n) is 3.75. The Morgan fingerprint density at radius 3 is 2.50 bits per heavy atom. The van der Waals surface area contributed by atoms with Crippen LogP contribution in [0.1, 0.15) is 13.3 Å². The van der Waals surface area contributed by atoms with E-state index < -0.39 is 60.8 Å². The van der Waals surface area contributed by atoms with Crippen molar-refractivity contribution in [2.24, 2.45) is 17.8 Å². The van der Waals surface area contributed by atoms with Gasteiger partial charge in [-0.2, -0.15) is 25.6 Å². The van der Waals surface area contributed by atoms with Crippen LogP contribution in [0.25, 0.3) is 0 Å². The Morgan fingerprint density at radius 2 is 1.95 bits per heavy atom. The third-order valence-electron chi connectivity index (χ3n) is 4.71. The fraction of sp³-hybridized carbons (Fsp3) is 0.900. The van der Waals surface area contributed by atoms with Crippen molar-refractivity contribution in [3.63, 3.8) is 0 Å². The molecule has 0 radical (unpaired) electrons. The van der Waals surface area contributed by atoms with Crippen molar-refractivity contribution in [3.05, 3.63) is 0 Å². The minimum absolute atomic E-state index is 0.325. The van der Waals surface area contributed by atoms with Crippen molar-refractivity contribution in [2.75, 3.05) is 0 Å². The lowest BCUT2D eigenvalue weighted by Gasteiger charge is -2.29. The number of alkyl halides is 2. The quantitative estimate of drug-likeness (QED) is 0.414. The van der Waals surface area contributed by atoms with E-state index in [1.807, 2.05) is 0 Å². The smallest absolute Gasteiger partial charge is 0.455 e. The van der Waals surface area contributed by atoms with E-state index >= 15 is 0 Å². The summed E-state index contributed by atoms with van der Waals surface area (Å²) in [6.45, 7) is 1.65. The molecular weight excluding hydrogens is 350 g/mol. The molecule has 2 aliphatic carbocycles. The molecule has 1 N–H and O–H groups in total. The monoisotopic (exact) mass is 362 g/mol. The van der Waals surface area contributed by atoms with E-state index in [2.05, 4.69) is 4.74 Å². The molecule has 6 atom stereocenters. The first kappa shape index (κ1) is 16.0. The van der Waals surface area contributed by atoms with E-state index in [1.54, 1.807) is 6.92 Å². The number of fused-ring (bicyclic) bond motifs is 1. The van der Waals surface area contributed by atoms with Crippen molar-refractivity contribution < 1.29 is 43.9 Å². The molecule has 126 valence electrons. The predicted octanol–water partition coefficient (Wildman–Crippen LogP) is -0.238. The van der Waals surface area contributed by atoms with Gasteiger partial charge >= 0.3 is 21.3 Å². The molecule has 22 heavy (non-hydrogen) atoms. The first-order chi connectivity index (χ1) is 9.88. The number of hydrogen-bond donors (Lipinski definition) is 1. The Bertz CT molecular complexity index is 730. The lowest BCUT2D eigenvalue weighted by molar-refractivity contribution is -0.170. The van der Waals surface area contributed by atoms with E-state index in [1.165, 1.54) is 0 Å². The molecular formula is C10H12F2O8S2. The molecule has 1 saturated heterocycles. The Morgan fingerprint density at radius 1 is 1.36 bits per heavy atom. The van der Waals surface area contributed by atoms with E-state index in [-0.39, 0.29) is 5.92 Å². The Balaban J connectivity index is 1.90. The van der Waals surface area contributed by atoms with Gasteiger partial charge in [0.2, 0.25) is 0 Å². The highest BCUT2D eigenvalue weighted by Gasteiger charge is 2.70. The summed E-state index contributed by atoms with van der Waals surface area (Å²) in [5.41, 5.74) is 0. The maximum absolute atomic E-state index is 13.3. The van der Waals surface area contributed by atoms with Crippen LogP contribution in [0.2, 0.25) is 0 Å². The first-order valence-electron chi connectivity index (χ1n) is 6.36. The summed E-state index contributed by atoms with van der Waals surface area (Å²) >= 11 is 0. The van der Waals surface area contributed by atoms with Crippen molar-refractivity contribution >= 4 is 26.2 Å². The summed E-state index contributed by atoms with van der Waals surface area (Å²) in [5, 5.41) is -6.43. The standard InChI is InChI=1S/C10H12F2O8S2/c1-3-4-2-5-6(3)20-21(14,15)8(5)7(4)19-9(13)10(11,12)22(16,17)18/h3-8H,2H2,1H3,(H,16,17,18). The zero-order valence-electron chi connectivity index (χ0n) is 11.0. The zero-order valence-corrected chi connectivity index (χ0v) is 12.7. The summed E-state index contributed by atoms with van der Waals surface area (Å²) in [7, 11) is -10.1. The molecule has 2 bridgehead atoms. The molecule has 3 fully saturated rings. The maximum Gasteiger partial charge on any atom is 0.465 e. The molecule has 3 rings (SSSR count). The van der Waals surface area contributed by atoms with Gasteiger partial charge in [0.15, 0.2) is 0 Å². The fourth-order valence-corrected chi connectivity index (χ4v) is 6.04. The summed E-state index contributed by atoms with van der Waals surface area (Å²) in [6.07, 6.45) is -1.66. The summed E-state index contributed by atoms with van der Waals surface area (Å²) < 4.78 is 89.2. The van der Waals surface area contributed by atoms with Crippen LogP contribution in [-0.2, 0) is 34.0 Å². The van der Waals surface area contributed by atoms with Crippen LogP contribution in [-0.4, -0.2) is 50.1 Å². The van der Waals surface area contributed by atoms with Gasteiger partial charge in [0.05, 0.1) is 6.10 Å². The van der Waals surface area contributed by atoms with Crippen LogP contribution in [0.5, 0.6) is 0 Å². The predicted molar refractivity (Wildman–Crippen MR) is 64.7 cm³/mol. The normalized spacial score (nSPS) is 42.5. The number of ether oxygens (including phenoxy) is 1. The third-order valence-corrected chi connectivity index (χ3v) is 7.30. The van der Waals surface area contributed by atoms with E-state index in [0.717, 1.165) is 0 Å². The maximum atomic E-state index is 13.3. The molecule has 2 saturated carbocycles. The van der Waals surface area contributed by atoms with Crippen LogP contribution >= 0.6 is 0 Å². The summed E-state index contributed by atoms with van der Waals surface area (Å²) in [6, 6.07) is 0. The average molecular weight is 362 g/mol. The van der Waals surface area contributed by atoms with Crippen molar-refractivity contribution in [1.82, 2.24) is 0 Å². The zero-order chi connectivity index (χ0) is 16.7. The molecule has 0 spiro atoms. The number of carbonyl (C=O) groups excluding carboxylic acids is 1. The van der Waals surface area contributed by atoms with Crippen LogP contribution in [0.15, 0.2) is 0 Å². The van der Waals surface area contributed by atoms with Crippen molar-refractivity contribution in [2.45, 2.75) is 36.1 Å². The molecule has 1 aliphatic heterocycles. The van der Waals surface area contributed by atoms with Gasteiger partial charge < -0.3 is 4.74 Å². The second-order valence-electron chi connectivity index (χ2n) is 5.80. The highest BCUT2D eigenvalue weighted by molar-refractivity contribution is 7.88. The van der Waals surface area contributed by atoms with Crippen LogP contribution < -0.4 is 0 Å². The van der Waals surface area contributed by atoms with Gasteiger partial charge in [-0.3, -0.25) is 8.74 Å². The summed E-state index contributed by atoms with van der Waals surface area (Å²) in [4.78, 5) is 11.4. The molecule has 0 amide bonds. The summed E-state index contributed by atoms with van der Waals surface area (Å²) in [5.74, 6) is -3.81. The second kappa shape index (κ2) is 4.36. The highest BCUT2D eigenvalue weighted by Crippen LogP contribution is 2.58. The molecule has 6 unspecified atom stereocenters. The van der Waals surface area contributed by atoms with Crippen molar-refractivity contribution in [1.29, 1.82) is 0 Å².